The average molecular weight is 329 g/mol. The maximum atomic E-state index is 11.9. The summed E-state index contributed by atoms with van der Waals surface area (Å²) in [6, 6.07) is 0. The fourth-order valence-electron chi connectivity index (χ4n) is 2.52. The molecule has 0 bridgehead atoms. The molecule has 1 aliphatic heterocycles. The number of aliphatic hydroxyl groups is 2. The molecule has 9 heteroatoms. The van der Waals surface area contributed by atoms with Gasteiger partial charge in [-0.05, 0) is 12.8 Å². The Hall–Kier alpha value is -1.52. The third-order valence-corrected chi connectivity index (χ3v) is 3.73. The van der Waals surface area contributed by atoms with E-state index < -0.39 is 29.7 Å². The minimum Gasteiger partial charge on any atom is -0.394 e. The molecule has 0 amide bonds. The molecule has 1 aliphatic rings. The number of hydrogen-bond donors (Lipinski definition) is 4. The molecule has 130 valence electrons. The van der Waals surface area contributed by atoms with Crippen molar-refractivity contribution in [2.75, 3.05) is 26.4 Å². The number of hydrogen-bond acceptors (Lipinski definition) is 7. The van der Waals surface area contributed by atoms with Gasteiger partial charge in [-0.15, -0.1) is 0 Å². The SMILES string of the molecule is NCCOCCCc1cn([C@H]2C[C@H](O)[C@@H](CO)O2)c(=O)[nH]c1=O. The first-order valence-electron chi connectivity index (χ1n) is 7.63. The van der Waals surface area contributed by atoms with Crippen molar-refractivity contribution in [3.63, 3.8) is 0 Å². The van der Waals surface area contributed by atoms with Gasteiger partial charge in [-0.1, -0.05) is 0 Å². The van der Waals surface area contributed by atoms with Gasteiger partial charge < -0.3 is 25.4 Å². The highest BCUT2D eigenvalue weighted by Crippen LogP contribution is 2.27. The molecule has 1 saturated heterocycles. The van der Waals surface area contributed by atoms with E-state index >= 15 is 0 Å². The highest BCUT2D eigenvalue weighted by Gasteiger charge is 2.35. The molecule has 1 aromatic heterocycles. The largest absolute Gasteiger partial charge is 0.394 e. The van der Waals surface area contributed by atoms with E-state index in [0.29, 0.717) is 38.2 Å². The zero-order valence-corrected chi connectivity index (χ0v) is 12.8. The number of ether oxygens (including phenoxy) is 2. The number of aromatic amines is 1. The highest BCUT2D eigenvalue weighted by atomic mass is 16.5. The number of nitrogens with one attached hydrogen (secondary N) is 1. The molecule has 0 radical (unpaired) electrons. The van der Waals surface area contributed by atoms with Gasteiger partial charge in [0.2, 0.25) is 0 Å². The quantitative estimate of drug-likeness (QED) is 0.408. The molecule has 0 aliphatic carbocycles. The average Bonchev–Trinajstić information content (AvgIpc) is 2.89. The van der Waals surface area contributed by atoms with Crippen LogP contribution in [0.1, 0.15) is 24.6 Å². The van der Waals surface area contributed by atoms with Crippen LogP contribution in [-0.4, -0.2) is 58.3 Å². The number of nitrogens with two attached hydrogens (primary N) is 1. The van der Waals surface area contributed by atoms with E-state index in [2.05, 4.69) is 4.98 Å². The lowest BCUT2D eigenvalue weighted by Gasteiger charge is -2.15. The summed E-state index contributed by atoms with van der Waals surface area (Å²) in [7, 11) is 0. The van der Waals surface area contributed by atoms with Gasteiger partial charge in [-0.2, -0.15) is 0 Å². The van der Waals surface area contributed by atoms with E-state index in [4.69, 9.17) is 20.3 Å². The summed E-state index contributed by atoms with van der Waals surface area (Å²) in [6.45, 7) is 1.05. The second-order valence-corrected chi connectivity index (χ2v) is 5.44. The van der Waals surface area contributed by atoms with Crippen LogP contribution in [0.25, 0.3) is 0 Å². The molecule has 3 atom stereocenters. The monoisotopic (exact) mass is 329 g/mol. The Morgan fingerprint density at radius 3 is 2.87 bits per heavy atom. The lowest BCUT2D eigenvalue weighted by Crippen LogP contribution is -2.34. The topological polar surface area (TPSA) is 140 Å². The molecule has 1 fully saturated rings. The molecule has 1 aromatic rings. The van der Waals surface area contributed by atoms with Gasteiger partial charge in [-0.25, -0.2) is 4.79 Å². The summed E-state index contributed by atoms with van der Waals surface area (Å²) in [6.07, 6.45) is 0.396. The van der Waals surface area contributed by atoms with Gasteiger partial charge in [-0.3, -0.25) is 14.3 Å². The number of aryl methyl sites for hydroxylation is 1. The Labute approximate surface area is 132 Å². The predicted octanol–water partition coefficient (Wildman–Crippen LogP) is -1.91. The Kier molecular flexibility index (Phi) is 6.48. The van der Waals surface area contributed by atoms with Crippen LogP contribution in [0.2, 0.25) is 0 Å². The van der Waals surface area contributed by atoms with Crippen molar-refractivity contribution in [2.45, 2.75) is 37.7 Å². The first-order chi connectivity index (χ1) is 11.1. The Bertz CT molecular complexity index is 613. The minimum atomic E-state index is -0.850. The molecule has 0 spiro atoms. The minimum absolute atomic E-state index is 0.177. The fraction of sp³-hybridized carbons (Fsp3) is 0.714. The zero-order chi connectivity index (χ0) is 16.8. The van der Waals surface area contributed by atoms with Crippen LogP contribution in [0.3, 0.4) is 0 Å². The highest BCUT2D eigenvalue weighted by molar-refractivity contribution is 5.05. The first-order valence-corrected chi connectivity index (χ1v) is 7.63. The van der Waals surface area contributed by atoms with E-state index in [1.165, 1.54) is 10.8 Å². The normalized spacial score (nSPS) is 24.2. The number of rotatable bonds is 8. The lowest BCUT2D eigenvalue weighted by atomic mass is 10.2. The van der Waals surface area contributed by atoms with Crippen molar-refractivity contribution in [3.05, 3.63) is 32.6 Å². The van der Waals surface area contributed by atoms with Crippen molar-refractivity contribution in [1.82, 2.24) is 9.55 Å². The summed E-state index contributed by atoms with van der Waals surface area (Å²) in [5.74, 6) is 0. The molecule has 0 saturated carbocycles. The maximum Gasteiger partial charge on any atom is 0.330 e. The number of aliphatic hydroxyl groups excluding tert-OH is 2. The van der Waals surface area contributed by atoms with Gasteiger partial charge >= 0.3 is 5.69 Å². The molecule has 0 aromatic carbocycles. The van der Waals surface area contributed by atoms with E-state index in [0.717, 1.165) is 0 Å². The molecular formula is C14H23N3O6. The van der Waals surface area contributed by atoms with Crippen LogP contribution < -0.4 is 17.0 Å². The molecular weight excluding hydrogens is 306 g/mol. The Balaban J connectivity index is 2.08. The smallest absolute Gasteiger partial charge is 0.330 e. The fourth-order valence-corrected chi connectivity index (χ4v) is 2.52. The van der Waals surface area contributed by atoms with Gasteiger partial charge in [0, 0.05) is 31.3 Å². The Morgan fingerprint density at radius 1 is 1.43 bits per heavy atom. The third kappa shape index (κ3) is 4.49. The number of H-pyrrole nitrogens is 1. The predicted molar refractivity (Wildman–Crippen MR) is 81.1 cm³/mol. The summed E-state index contributed by atoms with van der Waals surface area (Å²) in [4.78, 5) is 26.0. The number of aromatic nitrogens is 2. The molecule has 23 heavy (non-hydrogen) atoms. The van der Waals surface area contributed by atoms with Crippen molar-refractivity contribution >= 4 is 0 Å². The van der Waals surface area contributed by atoms with Crippen molar-refractivity contribution in [3.8, 4) is 0 Å². The van der Waals surface area contributed by atoms with Crippen LogP contribution >= 0.6 is 0 Å². The number of nitrogens with zero attached hydrogens (tertiary/aromatic N) is 1. The first kappa shape index (κ1) is 17.8. The van der Waals surface area contributed by atoms with Crippen LogP contribution in [-0.2, 0) is 15.9 Å². The van der Waals surface area contributed by atoms with Crippen LogP contribution in [0.15, 0.2) is 15.8 Å². The van der Waals surface area contributed by atoms with E-state index in [9.17, 15) is 14.7 Å². The van der Waals surface area contributed by atoms with E-state index in [-0.39, 0.29) is 13.0 Å². The van der Waals surface area contributed by atoms with Gasteiger partial charge in [0.1, 0.15) is 12.3 Å². The van der Waals surface area contributed by atoms with Crippen molar-refractivity contribution in [1.29, 1.82) is 0 Å². The third-order valence-electron chi connectivity index (χ3n) is 3.73. The van der Waals surface area contributed by atoms with Crippen molar-refractivity contribution in [2.24, 2.45) is 5.73 Å². The van der Waals surface area contributed by atoms with Crippen LogP contribution in [0.4, 0.5) is 0 Å². The second-order valence-electron chi connectivity index (χ2n) is 5.44. The van der Waals surface area contributed by atoms with Gasteiger partial charge in [0.25, 0.3) is 5.56 Å². The summed E-state index contributed by atoms with van der Waals surface area (Å²) < 4.78 is 11.9. The van der Waals surface area contributed by atoms with E-state index in [1.54, 1.807) is 0 Å². The van der Waals surface area contributed by atoms with Crippen molar-refractivity contribution < 1.29 is 19.7 Å². The standard InChI is InChI=1S/C14H23N3O6/c15-3-5-22-4-1-2-9-7-17(14(21)16-13(9)20)12-6-10(19)11(8-18)23-12/h7,10-12,18-19H,1-6,8,15H2,(H,16,20,21)/t10-,11+,12+/m0/s1. The molecule has 2 heterocycles. The maximum absolute atomic E-state index is 11.9. The second kappa shape index (κ2) is 8.37. The summed E-state index contributed by atoms with van der Waals surface area (Å²) >= 11 is 0. The zero-order valence-electron chi connectivity index (χ0n) is 12.8. The van der Waals surface area contributed by atoms with E-state index in [1.807, 2.05) is 0 Å². The molecule has 9 nitrogen and oxygen atoms in total. The molecule has 5 N–H and O–H groups in total. The molecule has 2 rings (SSSR count). The summed E-state index contributed by atoms with van der Waals surface area (Å²) in [5.41, 5.74) is 4.71. The van der Waals surface area contributed by atoms with Crippen LogP contribution in [0.5, 0.6) is 0 Å². The lowest BCUT2D eigenvalue weighted by molar-refractivity contribution is -0.0460. The summed E-state index contributed by atoms with van der Waals surface area (Å²) in [5, 5.41) is 18.9. The Morgan fingerprint density at radius 2 is 2.22 bits per heavy atom. The van der Waals surface area contributed by atoms with Crippen LogP contribution in [0, 0.1) is 0 Å². The van der Waals surface area contributed by atoms with Gasteiger partial charge in [0.15, 0.2) is 0 Å². The molecule has 0 unspecified atom stereocenters. The van der Waals surface area contributed by atoms with Gasteiger partial charge in [0.05, 0.1) is 19.3 Å².